The summed E-state index contributed by atoms with van der Waals surface area (Å²) in [6.07, 6.45) is 5.44. The number of methoxy groups -OCH3 is 7. The second kappa shape index (κ2) is 23.1. The van der Waals surface area contributed by atoms with Gasteiger partial charge in [0.1, 0.15) is 23.6 Å². The average molecular weight is 966 g/mol. The van der Waals surface area contributed by atoms with Gasteiger partial charge in [-0.3, -0.25) is 4.79 Å². The molecule has 4 aromatic rings. The van der Waals surface area contributed by atoms with Gasteiger partial charge in [-0.15, -0.1) is 0 Å². The minimum atomic E-state index is -0.747. The van der Waals surface area contributed by atoms with Gasteiger partial charge in [-0.25, -0.2) is 9.59 Å². The molecule has 0 radical (unpaired) electrons. The SMILES string of the molecule is COc1ccc(CC2c3c(cc(OC)c(OC)c3OC)CC[N+]2(C)CCCOC(=O)/C=C\C(=O)OCCC[N+]2(C)CCc3cc(C)c(C)c(OC)c3C2c2ccc(OC)c(C(=O)N=[N+]=[N-])c2)cc1OC. The van der Waals surface area contributed by atoms with Crippen LogP contribution in [-0.2, 0) is 38.3 Å². The molecule has 0 N–H and O–H groups in total. The van der Waals surface area contributed by atoms with E-state index in [0.29, 0.717) is 75.8 Å². The minimum Gasteiger partial charge on any atom is -0.496 e. The predicted octanol–water partition coefficient (Wildman–Crippen LogP) is 8.32. The molecule has 70 heavy (non-hydrogen) atoms. The summed E-state index contributed by atoms with van der Waals surface area (Å²) in [7, 11) is 15.5. The third-order valence-corrected chi connectivity index (χ3v) is 14.1. The first kappa shape index (κ1) is 52.4. The number of hydrogen-bond acceptors (Lipinski definition) is 12. The fraction of sp³-hybridized carbons (Fsp3) is 0.453. The highest BCUT2D eigenvalue weighted by Gasteiger charge is 2.44. The van der Waals surface area contributed by atoms with Gasteiger partial charge in [-0.2, -0.15) is 0 Å². The Bertz CT molecular complexity index is 2660. The fourth-order valence-corrected chi connectivity index (χ4v) is 10.4. The van der Waals surface area contributed by atoms with Crippen LogP contribution in [-0.4, -0.2) is 130 Å². The number of likely N-dealkylation sites (N-methyl/N-ethyl adjacent to an activating group) is 2. The lowest BCUT2D eigenvalue weighted by molar-refractivity contribution is -0.941. The first-order valence-corrected chi connectivity index (χ1v) is 23.3. The smallest absolute Gasteiger partial charge is 0.331 e. The quantitative estimate of drug-likeness (QED) is 0.0148. The number of benzene rings is 4. The second-order valence-electron chi connectivity index (χ2n) is 18.1. The average Bonchev–Trinajstić information content (AvgIpc) is 3.36. The van der Waals surface area contributed by atoms with Crippen LogP contribution >= 0.6 is 0 Å². The van der Waals surface area contributed by atoms with Gasteiger partial charge in [0.2, 0.25) is 5.75 Å². The number of amides is 1. The Balaban J connectivity index is 1.10. The van der Waals surface area contributed by atoms with Crippen molar-refractivity contribution in [3.63, 3.8) is 0 Å². The molecule has 2 heterocycles. The van der Waals surface area contributed by atoms with E-state index in [1.807, 2.05) is 37.3 Å². The molecule has 374 valence electrons. The first-order valence-electron chi connectivity index (χ1n) is 23.3. The van der Waals surface area contributed by atoms with E-state index in [9.17, 15) is 14.4 Å². The van der Waals surface area contributed by atoms with Crippen LogP contribution in [0.4, 0.5) is 0 Å². The van der Waals surface area contributed by atoms with E-state index in [2.05, 4.69) is 37.1 Å². The molecule has 0 bridgehead atoms. The monoisotopic (exact) mass is 965 g/mol. The molecule has 2 aliphatic heterocycles. The molecule has 0 spiro atoms. The standard InChI is InChI=1S/C53H67N5O12/c1-33-28-36-21-25-58(4,49(48(36)50(66-9)34(33)2)38-15-17-41(62-5)39(31-38)53(61)55-56-54)23-13-27-70-46(60)19-18-45(59)69-26-12-22-57(3)24-20-37-32-44(65-8)51(67-10)52(68-11)47(37)40(57)29-35-14-16-42(63-6)43(30-35)64-7/h14-19,28,30-32,40,49H,12-13,20-27,29H2,1-11H3/q+2/b19-18-. The largest absolute Gasteiger partial charge is 0.496 e. The second-order valence-corrected chi connectivity index (χ2v) is 18.1. The van der Waals surface area contributed by atoms with Crippen LogP contribution < -0.4 is 33.2 Å². The Morgan fingerprint density at radius 2 is 1.23 bits per heavy atom. The summed E-state index contributed by atoms with van der Waals surface area (Å²) < 4.78 is 52.6. The van der Waals surface area contributed by atoms with Gasteiger partial charge in [0, 0.05) is 54.7 Å². The van der Waals surface area contributed by atoms with E-state index in [4.69, 9.17) is 48.2 Å². The third-order valence-electron chi connectivity index (χ3n) is 14.1. The molecule has 0 saturated carbocycles. The summed E-state index contributed by atoms with van der Waals surface area (Å²) in [6.45, 7) is 7.17. The van der Waals surface area contributed by atoms with E-state index < -0.39 is 17.8 Å². The van der Waals surface area contributed by atoms with Crippen LogP contribution in [0, 0.1) is 13.8 Å². The van der Waals surface area contributed by atoms with Gasteiger partial charge in [-0.05, 0) is 88.7 Å². The number of fused-ring (bicyclic) bond motifs is 2. The summed E-state index contributed by atoms with van der Waals surface area (Å²) in [5.74, 6) is 2.06. The maximum absolute atomic E-state index is 12.9. The lowest BCUT2D eigenvalue weighted by Crippen LogP contribution is -2.52. The number of azide groups is 1. The zero-order chi connectivity index (χ0) is 50.8. The Kier molecular flexibility index (Phi) is 17.3. The van der Waals surface area contributed by atoms with Crippen molar-refractivity contribution in [2.75, 3.05) is 103 Å². The maximum Gasteiger partial charge on any atom is 0.331 e. The summed E-state index contributed by atoms with van der Waals surface area (Å²) in [5.41, 5.74) is 17.5. The minimum absolute atomic E-state index is 0.0733. The number of nitrogens with zero attached hydrogens (tertiary/aromatic N) is 5. The Morgan fingerprint density at radius 3 is 1.81 bits per heavy atom. The molecule has 0 aromatic heterocycles. The number of ether oxygens (including phenoxy) is 9. The van der Waals surface area contributed by atoms with E-state index in [1.165, 1.54) is 7.11 Å². The molecule has 6 rings (SSSR count). The number of carbonyl (C=O) groups excluding carboxylic acids is 3. The van der Waals surface area contributed by atoms with Gasteiger partial charge >= 0.3 is 11.9 Å². The van der Waals surface area contributed by atoms with Gasteiger partial charge in [-0.1, -0.05) is 12.1 Å². The molecule has 17 nitrogen and oxygen atoms in total. The molecular weight excluding hydrogens is 899 g/mol. The molecule has 17 heteroatoms. The van der Waals surface area contributed by atoms with Crippen molar-refractivity contribution in [2.24, 2.45) is 5.11 Å². The van der Waals surface area contributed by atoms with Crippen LogP contribution in [0.2, 0.25) is 0 Å². The van der Waals surface area contributed by atoms with Crippen molar-refractivity contribution in [1.29, 1.82) is 0 Å². The van der Waals surface area contributed by atoms with Crippen LogP contribution in [0.1, 0.15) is 79.8 Å². The van der Waals surface area contributed by atoms with Crippen molar-refractivity contribution >= 4 is 17.8 Å². The molecule has 0 saturated heterocycles. The molecule has 0 fully saturated rings. The van der Waals surface area contributed by atoms with E-state index in [-0.39, 0.29) is 30.9 Å². The zero-order valence-electron chi connectivity index (χ0n) is 42.3. The van der Waals surface area contributed by atoms with E-state index in [1.54, 1.807) is 54.8 Å². The summed E-state index contributed by atoms with van der Waals surface area (Å²) >= 11 is 0. The number of hydrogen-bond donors (Lipinski definition) is 0. The number of aryl methyl sites for hydroxylation is 1. The summed E-state index contributed by atoms with van der Waals surface area (Å²) in [5, 5.41) is 3.35. The maximum atomic E-state index is 12.9. The van der Waals surface area contributed by atoms with Crippen molar-refractivity contribution < 1.29 is 66.0 Å². The van der Waals surface area contributed by atoms with Crippen molar-refractivity contribution in [3.05, 3.63) is 121 Å². The van der Waals surface area contributed by atoms with E-state index >= 15 is 0 Å². The predicted molar refractivity (Wildman–Crippen MR) is 262 cm³/mol. The molecule has 4 aromatic carbocycles. The highest BCUT2D eigenvalue weighted by molar-refractivity contribution is 5.97. The molecule has 4 atom stereocenters. The van der Waals surface area contributed by atoms with Crippen LogP contribution in [0.15, 0.2) is 65.8 Å². The first-order chi connectivity index (χ1) is 33.6. The lowest BCUT2D eigenvalue weighted by Gasteiger charge is -2.46. The van der Waals surface area contributed by atoms with Gasteiger partial charge in [0.25, 0.3) is 5.91 Å². The number of esters is 2. The normalized spacial score (nSPS) is 19.2. The Labute approximate surface area is 410 Å². The highest BCUT2D eigenvalue weighted by Crippen LogP contribution is 2.51. The number of carbonyl (C=O) groups is 3. The zero-order valence-corrected chi connectivity index (χ0v) is 42.3. The lowest BCUT2D eigenvalue weighted by atomic mass is 9.82. The van der Waals surface area contributed by atoms with Crippen LogP contribution in [0.3, 0.4) is 0 Å². The van der Waals surface area contributed by atoms with Crippen molar-refractivity contribution in [3.8, 4) is 40.2 Å². The van der Waals surface area contributed by atoms with Crippen molar-refractivity contribution in [2.45, 2.75) is 58.0 Å². The Morgan fingerprint density at radius 1 is 0.657 bits per heavy atom. The molecule has 2 aliphatic rings. The van der Waals surface area contributed by atoms with Crippen LogP contribution in [0.5, 0.6) is 40.2 Å². The Hall–Kier alpha value is -6.94. The van der Waals surface area contributed by atoms with Gasteiger partial charge < -0.3 is 51.6 Å². The number of quaternary nitrogens is 2. The van der Waals surface area contributed by atoms with Gasteiger partial charge in [0.15, 0.2) is 23.0 Å². The highest BCUT2D eigenvalue weighted by atomic mass is 16.5. The summed E-state index contributed by atoms with van der Waals surface area (Å²) in [4.78, 5) is 41.5. The molecule has 4 unspecified atom stereocenters. The fourth-order valence-electron chi connectivity index (χ4n) is 10.4. The molecular formula is C53H67N5O12+2. The summed E-state index contributed by atoms with van der Waals surface area (Å²) in [6, 6.07) is 15.2. The molecule has 0 aliphatic carbocycles. The number of rotatable bonds is 21. The van der Waals surface area contributed by atoms with E-state index in [0.717, 1.165) is 88.3 Å². The topological polar surface area (TPSA) is 183 Å². The van der Waals surface area contributed by atoms with Gasteiger partial charge in [0.05, 0.1) is 120 Å². The van der Waals surface area contributed by atoms with Crippen molar-refractivity contribution in [1.82, 2.24) is 0 Å². The van der Waals surface area contributed by atoms with Crippen LogP contribution in [0.25, 0.3) is 10.4 Å². The molecule has 1 amide bonds. The third kappa shape index (κ3) is 11.1.